The molecule has 0 aromatic heterocycles. The summed E-state index contributed by atoms with van der Waals surface area (Å²) < 4.78 is 5.57. The number of ether oxygens (including phenoxy) is 1. The van der Waals surface area contributed by atoms with Crippen molar-refractivity contribution in [3.63, 3.8) is 0 Å². The van der Waals surface area contributed by atoms with Gasteiger partial charge in [-0.2, -0.15) is 0 Å². The van der Waals surface area contributed by atoms with Crippen molar-refractivity contribution in [3.8, 4) is 5.75 Å². The summed E-state index contributed by atoms with van der Waals surface area (Å²) in [5.41, 5.74) is 0. The molecule has 0 amide bonds. The first-order valence-electron chi connectivity index (χ1n) is 5.60. The van der Waals surface area contributed by atoms with Gasteiger partial charge in [0.25, 0.3) is 0 Å². The van der Waals surface area contributed by atoms with Gasteiger partial charge in [0.15, 0.2) is 5.75 Å². The molecule has 0 atom stereocenters. The number of hydrogen-bond donors (Lipinski definition) is 1. The van der Waals surface area contributed by atoms with Crippen molar-refractivity contribution in [2.75, 3.05) is 32.8 Å². The lowest BCUT2D eigenvalue weighted by atomic mass is 10.0. The number of nitrogens with zero attached hydrogens (tertiary/aromatic N) is 1. The molecule has 1 saturated heterocycles. The first kappa shape index (κ1) is 13.0. The van der Waals surface area contributed by atoms with E-state index in [2.05, 4.69) is 4.90 Å². The van der Waals surface area contributed by atoms with Crippen LogP contribution >= 0.6 is 23.2 Å². The molecule has 0 aliphatic carbocycles. The lowest BCUT2D eigenvalue weighted by molar-refractivity contribution is 0.0439. The normalized spacial score (nSPS) is 16.9. The summed E-state index contributed by atoms with van der Waals surface area (Å²) in [4.78, 5) is 2.23. The van der Waals surface area contributed by atoms with Crippen molar-refractivity contribution < 1.29 is 9.84 Å². The second kappa shape index (κ2) is 5.91. The fraction of sp³-hybridized carbons (Fsp3) is 0.500. The highest BCUT2D eigenvalue weighted by Crippen LogP contribution is 2.32. The summed E-state index contributed by atoms with van der Waals surface area (Å²) >= 11 is 12.0. The first-order chi connectivity index (χ1) is 8.20. The molecule has 5 heteroatoms. The minimum absolute atomic E-state index is 0.272. The third-order valence-electron chi connectivity index (χ3n) is 2.86. The quantitative estimate of drug-likeness (QED) is 0.895. The Balaban J connectivity index is 1.75. The van der Waals surface area contributed by atoms with Crippen molar-refractivity contribution >= 4 is 23.2 Å². The van der Waals surface area contributed by atoms with Crippen LogP contribution in [0.1, 0.15) is 0 Å². The fourth-order valence-corrected chi connectivity index (χ4v) is 2.38. The van der Waals surface area contributed by atoms with Crippen LogP contribution in [0, 0.1) is 5.92 Å². The average molecular weight is 276 g/mol. The summed E-state index contributed by atoms with van der Waals surface area (Å²) in [5, 5.41) is 9.96. The molecule has 0 bridgehead atoms. The number of halogens is 2. The molecule has 3 nitrogen and oxygen atoms in total. The van der Waals surface area contributed by atoms with Crippen LogP contribution in [-0.4, -0.2) is 42.9 Å². The van der Waals surface area contributed by atoms with Crippen molar-refractivity contribution in [3.05, 3.63) is 28.2 Å². The first-order valence-corrected chi connectivity index (χ1v) is 6.36. The van der Waals surface area contributed by atoms with Gasteiger partial charge in [0.05, 0.1) is 10.0 Å². The standard InChI is InChI=1S/C12H15Cl2NO2/c13-10-2-1-3-11(14)12(10)17-5-4-15-6-9(7-15)8-16/h1-3,9,16H,4-8H2. The van der Waals surface area contributed by atoms with Crippen molar-refractivity contribution in [1.29, 1.82) is 0 Å². The summed E-state index contributed by atoms with van der Waals surface area (Å²) in [6.07, 6.45) is 0. The maximum atomic E-state index is 8.89. The highest BCUT2D eigenvalue weighted by molar-refractivity contribution is 6.37. The Labute approximate surface area is 111 Å². The molecule has 0 radical (unpaired) electrons. The van der Waals surface area contributed by atoms with Gasteiger partial charge in [-0.1, -0.05) is 29.3 Å². The van der Waals surface area contributed by atoms with E-state index >= 15 is 0 Å². The van der Waals surface area contributed by atoms with E-state index in [0.29, 0.717) is 28.3 Å². The van der Waals surface area contributed by atoms with E-state index in [0.717, 1.165) is 19.6 Å². The maximum Gasteiger partial charge on any atom is 0.156 e. The number of likely N-dealkylation sites (tertiary alicyclic amines) is 1. The minimum Gasteiger partial charge on any atom is -0.489 e. The predicted molar refractivity (Wildman–Crippen MR) is 69.0 cm³/mol. The summed E-state index contributed by atoms with van der Waals surface area (Å²) in [6.45, 7) is 3.54. The van der Waals surface area contributed by atoms with Crippen LogP contribution in [0.25, 0.3) is 0 Å². The van der Waals surface area contributed by atoms with Gasteiger partial charge in [-0.3, -0.25) is 4.90 Å². The summed E-state index contributed by atoms with van der Waals surface area (Å²) in [5.74, 6) is 0.981. The number of aliphatic hydroxyl groups excluding tert-OH is 1. The Morgan fingerprint density at radius 3 is 2.53 bits per heavy atom. The van der Waals surface area contributed by atoms with Crippen molar-refractivity contribution in [1.82, 2.24) is 4.90 Å². The van der Waals surface area contributed by atoms with E-state index in [9.17, 15) is 0 Å². The molecule has 0 spiro atoms. The number of rotatable bonds is 5. The zero-order chi connectivity index (χ0) is 12.3. The third kappa shape index (κ3) is 3.26. The van der Waals surface area contributed by atoms with E-state index in [1.165, 1.54) is 0 Å². The van der Waals surface area contributed by atoms with E-state index in [1.807, 2.05) is 0 Å². The molecule has 1 aromatic carbocycles. The second-order valence-corrected chi connectivity index (χ2v) is 5.02. The van der Waals surface area contributed by atoms with E-state index < -0.39 is 0 Å². The largest absolute Gasteiger partial charge is 0.489 e. The van der Waals surface area contributed by atoms with E-state index in [-0.39, 0.29) is 6.61 Å². The molecular weight excluding hydrogens is 261 g/mol. The van der Waals surface area contributed by atoms with Gasteiger partial charge in [0.1, 0.15) is 6.61 Å². The van der Waals surface area contributed by atoms with Crippen LogP contribution < -0.4 is 4.74 Å². The summed E-state index contributed by atoms with van der Waals surface area (Å²) in [6, 6.07) is 5.31. The molecule has 1 N–H and O–H groups in total. The molecule has 0 unspecified atom stereocenters. The smallest absolute Gasteiger partial charge is 0.156 e. The number of para-hydroxylation sites is 1. The molecule has 0 saturated carbocycles. The molecule has 94 valence electrons. The van der Waals surface area contributed by atoms with Crippen LogP contribution in [0.2, 0.25) is 10.0 Å². The third-order valence-corrected chi connectivity index (χ3v) is 3.46. The Kier molecular flexibility index (Phi) is 4.51. The minimum atomic E-state index is 0.272. The summed E-state index contributed by atoms with van der Waals surface area (Å²) in [7, 11) is 0. The predicted octanol–water partition coefficient (Wildman–Crippen LogP) is 2.30. The lowest BCUT2D eigenvalue weighted by Crippen LogP contribution is -2.49. The number of hydrogen-bond acceptors (Lipinski definition) is 3. The molecule has 1 aliphatic heterocycles. The van der Waals surface area contributed by atoms with Gasteiger partial charge >= 0.3 is 0 Å². The van der Waals surface area contributed by atoms with Gasteiger partial charge in [-0.25, -0.2) is 0 Å². The molecule has 1 fully saturated rings. The van der Waals surface area contributed by atoms with Crippen LogP contribution in [0.4, 0.5) is 0 Å². The highest BCUT2D eigenvalue weighted by Gasteiger charge is 2.25. The highest BCUT2D eigenvalue weighted by atomic mass is 35.5. The Bertz CT molecular complexity index is 361. The zero-order valence-electron chi connectivity index (χ0n) is 9.40. The Morgan fingerprint density at radius 1 is 1.29 bits per heavy atom. The molecule has 2 rings (SSSR count). The topological polar surface area (TPSA) is 32.7 Å². The van der Waals surface area contributed by atoms with Gasteiger partial charge in [-0.05, 0) is 12.1 Å². The van der Waals surface area contributed by atoms with Gasteiger partial charge < -0.3 is 9.84 Å². The van der Waals surface area contributed by atoms with Crippen LogP contribution in [-0.2, 0) is 0 Å². The average Bonchev–Trinajstić information content (AvgIpc) is 2.25. The van der Waals surface area contributed by atoms with Crippen molar-refractivity contribution in [2.45, 2.75) is 0 Å². The van der Waals surface area contributed by atoms with Gasteiger partial charge in [-0.15, -0.1) is 0 Å². The van der Waals surface area contributed by atoms with Gasteiger partial charge in [0.2, 0.25) is 0 Å². The molecule has 1 aromatic rings. The molecule has 1 aliphatic rings. The van der Waals surface area contributed by atoms with Crippen molar-refractivity contribution in [2.24, 2.45) is 5.92 Å². The molecule has 17 heavy (non-hydrogen) atoms. The van der Waals surface area contributed by atoms with Crippen LogP contribution in [0.3, 0.4) is 0 Å². The number of benzene rings is 1. The Hall–Kier alpha value is -0.480. The Morgan fingerprint density at radius 2 is 1.94 bits per heavy atom. The number of aliphatic hydroxyl groups is 1. The van der Waals surface area contributed by atoms with Crippen LogP contribution in [0.15, 0.2) is 18.2 Å². The van der Waals surface area contributed by atoms with E-state index in [1.54, 1.807) is 18.2 Å². The monoisotopic (exact) mass is 275 g/mol. The lowest BCUT2D eigenvalue weighted by Gasteiger charge is -2.38. The SMILES string of the molecule is OCC1CN(CCOc2c(Cl)cccc2Cl)C1. The second-order valence-electron chi connectivity index (χ2n) is 4.21. The maximum absolute atomic E-state index is 8.89. The van der Waals surface area contributed by atoms with Gasteiger partial charge in [0, 0.05) is 32.2 Å². The molecule has 1 heterocycles. The molecular formula is C12H15Cl2NO2. The van der Waals surface area contributed by atoms with Crippen LogP contribution in [0.5, 0.6) is 5.75 Å². The fourth-order valence-electron chi connectivity index (χ4n) is 1.87. The zero-order valence-corrected chi connectivity index (χ0v) is 10.9. The van der Waals surface area contributed by atoms with E-state index in [4.69, 9.17) is 33.0 Å².